The maximum atomic E-state index is 13.7. The Morgan fingerprint density at radius 3 is 2.75 bits per heavy atom. The van der Waals surface area contributed by atoms with Gasteiger partial charge in [0.05, 0.1) is 18.2 Å². The molecule has 226 valence electrons. The van der Waals surface area contributed by atoms with Gasteiger partial charge >= 0.3 is 5.91 Å². The van der Waals surface area contributed by atoms with E-state index in [1.54, 1.807) is 12.1 Å². The summed E-state index contributed by atoms with van der Waals surface area (Å²) >= 11 is 8.70. The molecule has 0 spiro atoms. The van der Waals surface area contributed by atoms with Gasteiger partial charge in [0.15, 0.2) is 4.34 Å². The SMILES string of the molecule is CCCCOc1cccc(C2/C(=C(\O)c3ccc4c(c3)CC(C)O4)C(=O)C(=O)N2c2nnc(SCc3ccc(Cl)cc3)s2)c1. The Kier molecular flexibility index (Phi) is 8.93. The van der Waals surface area contributed by atoms with Crippen molar-refractivity contribution in [2.24, 2.45) is 0 Å². The van der Waals surface area contributed by atoms with Crippen molar-refractivity contribution in [1.29, 1.82) is 0 Å². The highest BCUT2D eigenvalue weighted by molar-refractivity contribution is 8.00. The molecule has 44 heavy (non-hydrogen) atoms. The lowest BCUT2D eigenvalue weighted by molar-refractivity contribution is -0.132. The number of hydrogen-bond donors (Lipinski definition) is 1. The number of aliphatic hydroxyl groups is 1. The van der Waals surface area contributed by atoms with Crippen LogP contribution in [0.1, 0.15) is 55.0 Å². The highest BCUT2D eigenvalue weighted by Crippen LogP contribution is 2.45. The van der Waals surface area contributed by atoms with Gasteiger partial charge in [0.1, 0.15) is 23.4 Å². The van der Waals surface area contributed by atoms with Crippen molar-refractivity contribution in [2.45, 2.75) is 55.3 Å². The van der Waals surface area contributed by atoms with Crippen molar-refractivity contribution in [2.75, 3.05) is 11.5 Å². The summed E-state index contributed by atoms with van der Waals surface area (Å²) in [6, 6.07) is 19.2. The van der Waals surface area contributed by atoms with Crippen LogP contribution in [0.2, 0.25) is 5.02 Å². The molecule has 4 aromatic rings. The van der Waals surface area contributed by atoms with Gasteiger partial charge < -0.3 is 14.6 Å². The fourth-order valence-electron chi connectivity index (χ4n) is 5.26. The average molecular weight is 648 g/mol. The van der Waals surface area contributed by atoms with Crippen LogP contribution in [0.3, 0.4) is 0 Å². The highest BCUT2D eigenvalue weighted by Gasteiger charge is 2.48. The van der Waals surface area contributed by atoms with Gasteiger partial charge in [-0.15, -0.1) is 10.2 Å². The van der Waals surface area contributed by atoms with Crippen molar-refractivity contribution in [3.05, 3.63) is 99.6 Å². The molecule has 11 heteroatoms. The summed E-state index contributed by atoms with van der Waals surface area (Å²) in [5.41, 5.74) is 3.04. The third-order valence-corrected chi connectivity index (χ3v) is 9.81. The monoisotopic (exact) mass is 647 g/mol. The van der Waals surface area contributed by atoms with Gasteiger partial charge in [-0.3, -0.25) is 14.5 Å². The number of ether oxygens (including phenoxy) is 2. The number of rotatable bonds is 10. The standard InChI is InChI=1S/C33H30ClN3O5S2/c1-3-4-14-41-25-7-5-6-21(17-25)28-27(29(38)22-10-13-26-23(16-22)15-19(2)42-26)30(39)31(40)37(28)32-35-36-33(44-32)43-18-20-8-11-24(34)12-9-20/h5-13,16-17,19,28,38H,3-4,14-15,18H2,1-2H3/b29-27+. The fraction of sp³-hybridized carbons (Fsp3) is 0.273. The van der Waals surface area contributed by atoms with Gasteiger partial charge in [-0.25, -0.2) is 0 Å². The number of ketones is 1. The van der Waals surface area contributed by atoms with Crippen LogP contribution in [0.25, 0.3) is 5.76 Å². The Hall–Kier alpha value is -3.86. The molecule has 2 atom stereocenters. The molecule has 0 bridgehead atoms. The maximum Gasteiger partial charge on any atom is 0.301 e. The van der Waals surface area contributed by atoms with Crippen LogP contribution >= 0.6 is 34.7 Å². The van der Waals surface area contributed by atoms with Crippen molar-refractivity contribution >= 4 is 57.3 Å². The Labute approximate surface area is 268 Å². The number of aromatic nitrogens is 2. The number of benzene rings is 3. The predicted octanol–water partition coefficient (Wildman–Crippen LogP) is 7.61. The zero-order valence-electron chi connectivity index (χ0n) is 24.2. The molecule has 6 rings (SSSR count). The summed E-state index contributed by atoms with van der Waals surface area (Å²) in [5.74, 6) is 0.170. The first-order valence-corrected chi connectivity index (χ1v) is 16.5. The average Bonchev–Trinajstić information content (AvgIpc) is 3.71. The molecule has 1 saturated heterocycles. The third-order valence-electron chi connectivity index (χ3n) is 7.43. The fourth-order valence-corrected chi connectivity index (χ4v) is 7.21. The number of aliphatic hydroxyl groups excluding tert-OH is 1. The zero-order valence-corrected chi connectivity index (χ0v) is 26.5. The van der Waals surface area contributed by atoms with Gasteiger partial charge in [-0.2, -0.15) is 0 Å². The molecule has 8 nitrogen and oxygen atoms in total. The number of anilines is 1. The first kappa shape index (κ1) is 30.2. The van der Waals surface area contributed by atoms with E-state index in [0.717, 1.165) is 29.7 Å². The Balaban J connectivity index is 1.38. The normalized spacial score (nSPS) is 18.8. The topological polar surface area (TPSA) is 102 Å². The minimum atomic E-state index is -0.935. The van der Waals surface area contributed by atoms with Gasteiger partial charge in [0, 0.05) is 22.8 Å². The van der Waals surface area contributed by atoms with E-state index in [4.69, 9.17) is 21.1 Å². The van der Waals surface area contributed by atoms with Crippen LogP contribution in [-0.4, -0.2) is 39.7 Å². The quantitative estimate of drug-likeness (QED) is 0.0469. The first-order valence-electron chi connectivity index (χ1n) is 14.4. The van der Waals surface area contributed by atoms with Gasteiger partial charge in [0.25, 0.3) is 5.78 Å². The lowest BCUT2D eigenvalue weighted by Gasteiger charge is -2.23. The lowest BCUT2D eigenvalue weighted by Crippen LogP contribution is -2.29. The summed E-state index contributed by atoms with van der Waals surface area (Å²) in [4.78, 5) is 28.7. The van der Waals surface area contributed by atoms with Crippen LogP contribution in [0.4, 0.5) is 5.13 Å². The van der Waals surface area contributed by atoms with E-state index in [0.29, 0.717) is 45.0 Å². The van der Waals surface area contributed by atoms with Gasteiger partial charge in [-0.05, 0) is 72.5 Å². The summed E-state index contributed by atoms with van der Waals surface area (Å²) in [6.45, 7) is 4.61. The zero-order chi connectivity index (χ0) is 30.8. The third kappa shape index (κ3) is 6.20. The molecule has 3 heterocycles. The summed E-state index contributed by atoms with van der Waals surface area (Å²) in [5, 5.41) is 21.2. The number of thioether (sulfide) groups is 1. The summed E-state index contributed by atoms with van der Waals surface area (Å²) in [7, 11) is 0. The number of hydrogen-bond acceptors (Lipinski definition) is 9. The molecular formula is C33H30ClN3O5S2. The molecule has 3 aromatic carbocycles. The van der Waals surface area contributed by atoms with Crippen LogP contribution in [0.5, 0.6) is 11.5 Å². The number of carbonyl (C=O) groups excluding carboxylic acids is 2. The number of fused-ring (bicyclic) bond motifs is 1. The number of amides is 1. The smallest absolute Gasteiger partial charge is 0.301 e. The predicted molar refractivity (Wildman–Crippen MR) is 173 cm³/mol. The number of unbranched alkanes of at least 4 members (excludes halogenated alkanes) is 1. The summed E-state index contributed by atoms with van der Waals surface area (Å²) < 4.78 is 12.4. The summed E-state index contributed by atoms with van der Waals surface area (Å²) in [6.07, 6.45) is 2.59. The Morgan fingerprint density at radius 1 is 1.14 bits per heavy atom. The molecule has 1 aromatic heterocycles. The maximum absolute atomic E-state index is 13.7. The number of halogens is 1. The number of carbonyl (C=O) groups is 2. The molecule has 1 N–H and O–H groups in total. The van der Waals surface area contributed by atoms with Crippen LogP contribution in [-0.2, 0) is 21.8 Å². The van der Waals surface area contributed by atoms with Crippen molar-refractivity contribution in [3.63, 3.8) is 0 Å². The minimum Gasteiger partial charge on any atom is -0.507 e. The molecule has 2 aliphatic rings. The molecule has 0 radical (unpaired) electrons. The van der Waals surface area contributed by atoms with Gasteiger partial charge in [0.2, 0.25) is 5.13 Å². The molecule has 0 saturated carbocycles. The highest BCUT2D eigenvalue weighted by atomic mass is 35.5. The van der Waals surface area contributed by atoms with E-state index in [1.807, 2.05) is 61.5 Å². The van der Waals surface area contributed by atoms with Crippen LogP contribution < -0.4 is 14.4 Å². The van der Waals surface area contributed by atoms with Crippen LogP contribution in [0, 0.1) is 0 Å². The van der Waals surface area contributed by atoms with E-state index in [2.05, 4.69) is 17.1 Å². The van der Waals surface area contributed by atoms with E-state index >= 15 is 0 Å². The second-order valence-electron chi connectivity index (χ2n) is 10.7. The van der Waals surface area contributed by atoms with E-state index in [-0.39, 0.29) is 22.6 Å². The van der Waals surface area contributed by atoms with Crippen LogP contribution in [0.15, 0.2) is 76.6 Å². The minimum absolute atomic E-state index is 0.0156. The van der Waals surface area contributed by atoms with E-state index in [1.165, 1.54) is 28.0 Å². The van der Waals surface area contributed by atoms with Crippen molar-refractivity contribution in [1.82, 2.24) is 10.2 Å². The number of Topliss-reactive ketones (excluding diaryl/α,β-unsaturated/α-hetero) is 1. The first-order chi connectivity index (χ1) is 21.3. The molecule has 1 amide bonds. The van der Waals surface area contributed by atoms with E-state index < -0.39 is 17.7 Å². The largest absolute Gasteiger partial charge is 0.507 e. The second-order valence-corrected chi connectivity index (χ2v) is 13.3. The Bertz CT molecular complexity index is 1740. The second kappa shape index (κ2) is 13.0. The molecule has 2 aliphatic heterocycles. The molecule has 2 unspecified atom stereocenters. The Morgan fingerprint density at radius 2 is 1.95 bits per heavy atom. The van der Waals surface area contributed by atoms with E-state index in [9.17, 15) is 14.7 Å². The molecule has 1 fully saturated rings. The van der Waals surface area contributed by atoms with Crippen molar-refractivity contribution in [3.8, 4) is 11.5 Å². The lowest BCUT2D eigenvalue weighted by atomic mass is 9.94. The number of nitrogens with zero attached hydrogens (tertiary/aromatic N) is 3. The van der Waals surface area contributed by atoms with Gasteiger partial charge in [-0.1, -0.05) is 72.3 Å². The van der Waals surface area contributed by atoms with Crippen molar-refractivity contribution < 1.29 is 24.2 Å². The molecular weight excluding hydrogens is 618 g/mol. The molecule has 0 aliphatic carbocycles.